The van der Waals surface area contributed by atoms with Gasteiger partial charge in [0.1, 0.15) is 0 Å². The summed E-state index contributed by atoms with van der Waals surface area (Å²) in [7, 11) is 0. The Morgan fingerprint density at radius 2 is 1.82 bits per heavy atom. The second-order valence-electron chi connectivity index (χ2n) is 3.85. The summed E-state index contributed by atoms with van der Waals surface area (Å²) >= 11 is 12.0. The third-order valence-corrected chi connectivity index (χ3v) is 4.34. The Bertz CT molecular complexity index is 496. The minimum Gasteiger partial charge on any atom is -0.0843 e. The van der Waals surface area contributed by atoms with Crippen LogP contribution in [0.25, 0.3) is 0 Å². The zero-order valence-corrected chi connectivity index (χ0v) is 13.5. The summed E-state index contributed by atoms with van der Waals surface area (Å²) in [6, 6.07) is 16.6. The monoisotopic (exact) mass is 420 g/mol. The molecule has 0 aliphatic carbocycles. The molecule has 0 heterocycles. The first-order chi connectivity index (χ1) is 8.15. The second-order valence-corrected chi connectivity index (χ2v) is 6.64. The van der Waals surface area contributed by atoms with Crippen LogP contribution in [0.2, 0.25) is 5.02 Å². The van der Waals surface area contributed by atoms with Crippen molar-refractivity contribution in [1.29, 1.82) is 0 Å². The van der Waals surface area contributed by atoms with Gasteiger partial charge in [-0.1, -0.05) is 51.8 Å². The molecule has 1 atom stereocenters. The van der Waals surface area contributed by atoms with Gasteiger partial charge >= 0.3 is 0 Å². The van der Waals surface area contributed by atoms with E-state index in [9.17, 15) is 0 Å². The highest BCUT2D eigenvalue weighted by Crippen LogP contribution is 2.28. The Hall–Kier alpha value is -0.0600. The van der Waals surface area contributed by atoms with Gasteiger partial charge in [-0.25, -0.2) is 0 Å². The number of hydrogen-bond acceptors (Lipinski definition) is 0. The fraction of sp³-hybridized carbons (Fsp3) is 0.143. The Morgan fingerprint density at radius 3 is 2.47 bits per heavy atom. The predicted octanol–water partition coefficient (Wildman–Crippen LogP) is 5.62. The zero-order valence-electron chi connectivity index (χ0n) is 9.04. The molecule has 0 saturated heterocycles. The number of alkyl halides is 1. The highest BCUT2D eigenvalue weighted by Gasteiger charge is 2.08. The van der Waals surface area contributed by atoms with Crippen molar-refractivity contribution in [2.24, 2.45) is 0 Å². The molecule has 2 aromatic rings. The van der Waals surface area contributed by atoms with Crippen LogP contribution in [0, 0.1) is 3.57 Å². The molecule has 0 saturated carbocycles. The number of rotatable bonds is 3. The standard InChI is InChI=1S/C14H11BrClI/c15-14(11-4-6-13(17)7-5-11)9-10-2-1-3-12(16)8-10/h1-8,14H,9H2. The summed E-state index contributed by atoms with van der Waals surface area (Å²) in [6.07, 6.45) is 0.946. The smallest absolute Gasteiger partial charge is 0.0435 e. The van der Waals surface area contributed by atoms with Gasteiger partial charge in [0.15, 0.2) is 0 Å². The van der Waals surface area contributed by atoms with Gasteiger partial charge in [-0.3, -0.25) is 0 Å². The molecule has 17 heavy (non-hydrogen) atoms. The van der Waals surface area contributed by atoms with Crippen molar-refractivity contribution in [1.82, 2.24) is 0 Å². The molecular weight excluding hydrogens is 410 g/mol. The summed E-state index contributed by atoms with van der Waals surface area (Å²) < 4.78 is 1.26. The van der Waals surface area contributed by atoms with Crippen LogP contribution >= 0.6 is 50.1 Å². The van der Waals surface area contributed by atoms with E-state index in [1.807, 2.05) is 18.2 Å². The van der Waals surface area contributed by atoms with Gasteiger partial charge in [0, 0.05) is 13.4 Å². The lowest BCUT2D eigenvalue weighted by atomic mass is 10.0. The molecule has 2 rings (SSSR count). The largest absolute Gasteiger partial charge is 0.0843 e. The quantitative estimate of drug-likeness (QED) is 0.446. The van der Waals surface area contributed by atoms with Crippen molar-refractivity contribution in [3.8, 4) is 0 Å². The lowest BCUT2D eigenvalue weighted by molar-refractivity contribution is 0.948. The van der Waals surface area contributed by atoms with Crippen molar-refractivity contribution in [2.75, 3.05) is 0 Å². The average molecular weight is 422 g/mol. The maximum atomic E-state index is 5.98. The van der Waals surface area contributed by atoms with Gasteiger partial charge in [0.25, 0.3) is 0 Å². The molecule has 0 aliphatic rings. The van der Waals surface area contributed by atoms with E-state index in [0.29, 0.717) is 4.83 Å². The van der Waals surface area contributed by atoms with Crippen LogP contribution in [-0.2, 0) is 6.42 Å². The lowest BCUT2D eigenvalue weighted by Gasteiger charge is -2.10. The van der Waals surface area contributed by atoms with Crippen molar-refractivity contribution in [3.05, 3.63) is 68.3 Å². The molecule has 0 aliphatic heterocycles. The normalized spacial score (nSPS) is 12.4. The number of hydrogen-bond donors (Lipinski definition) is 0. The lowest BCUT2D eigenvalue weighted by Crippen LogP contribution is -1.95. The summed E-state index contributed by atoms with van der Waals surface area (Å²) in [6.45, 7) is 0. The summed E-state index contributed by atoms with van der Waals surface area (Å²) in [4.78, 5) is 0.331. The van der Waals surface area contributed by atoms with Crippen LogP contribution in [0.4, 0.5) is 0 Å². The Balaban J connectivity index is 2.11. The molecule has 0 amide bonds. The molecule has 88 valence electrons. The minimum absolute atomic E-state index is 0.331. The molecule has 0 nitrogen and oxygen atoms in total. The Kier molecular flexibility index (Phi) is 4.88. The van der Waals surface area contributed by atoms with Gasteiger partial charge in [0.2, 0.25) is 0 Å². The fourth-order valence-electron chi connectivity index (χ4n) is 1.66. The Labute approximate surface area is 129 Å². The molecule has 1 unspecified atom stereocenters. The van der Waals surface area contributed by atoms with E-state index < -0.39 is 0 Å². The highest BCUT2D eigenvalue weighted by molar-refractivity contribution is 14.1. The number of benzene rings is 2. The molecular formula is C14H11BrClI. The van der Waals surface area contributed by atoms with Crippen molar-refractivity contribution in [3.63, 3.8) is 0 Å². The molecule has 2 aromatic carbocycles. The third kappa shape index (κ3) is 3.97. The van der Waals surface area contributed by atoms with E-state index in [-0.39, 0.29) is 0 Å². The third-order valence-electron chi connectivity index (χ3n) is 2.54. The first-order valence-electron chi connectivity index (χ1n) is 5.29. The van der Waals surface area contributed by atoms with Gasteiger partial charge in [-0.15, -0.1) is 0 Å². The summed E-state index contributed by atoms with van der Waals surface area (Å²) in [5, 5.41) is 0.796. The van der Waals surface area contributed by atoms with Crippen molar-refractivity contribution >= 4 is 50.1 Å². The molecule has 0 fully saturated rings. The minimum atomic E-state index is 0.331. The molecule has 0 N–H and O–H groups in total. The predicted molar refractivity (Wildman–Crippen MR) is 86.0 cm³/mol. The van der Waals surface area contributed by atoms with E-state index in [1.165, 1.54) is 14.7 Å². The van der Waals surface area contributed by atoms with Crippen LogP contribution in [-0.4, -0.2) is 0 Å². The van der Waals surface area contributed by atoms with E-state index in [4.69, 9.17) is 11.6 Å². The van der Waals surface area contributed by atoms with Crippen LogP contribution < -0.4 is 0 Å². The van der Waals surface area contributed by atoms with Crippen LogP contribution in [0.15, 0.2) is 48.5 Å². The first kappa shape index (κ1) is 13.4. The maximum absolute atomic E-state index is 5.98. The molecule has 3 heteroatoms. The van der Waals surface area contributed by atoms with Gasteiger partial charge in [-0.2, -0.15) is 0 Å². The summed E-state index contributed by atoms with van der Waals surface area (Å²) in [5.41, 5.74) is 2.54. The molecule has 0 aromatic heterocycles. The van der Waals surface area contributed by atoms with Crippen molar-refractivity contribution in [2.45, 2.75) is 11.2 Å². The topological polar surface area (TPSA) is 0 Å². The van der Waals surface area contributed by atoms with Crippen LogP contribution in [0.1, 0.15) is 16.0 Å². The first-order valence-corrected chi connectivity index (χ1v) is 7.66. The Morgan fingerprint density at radius 1 is 1.12 bits per heavy atom. The van der Waals surface area contributed by atoms with Crippen LogP contribution in [0.3, 0.4) is 0 Å². The second kappa shape index (κ2) is 6.21. The summed E-state index contributed by atoms with van der Waals surface area (Å²) in [5.74, 6) is 0. The van der Waals surface area contributed by atoms with E-state index in [2.05, 4.69) is 68.9 Å². The van der Waals surface area contributed by atoms with Gasteiger partial charge in [0.05, 0.1) is 0 Å². The van der Waals surface area contributed by atoms with Gasteiger partial charge in [-0.05, 0) is 64.4 Å². The maximum Gasteiger partial charge on any atom is 0.0435 e. The van der Waals surface area contributed by atoms with E-state index in [0.717, 1.165) is 11.4 Å². The number of halogens is 3. The van der Waals surface area contributed by atoms with E-state index >= 15 is 0 Å². The molecule has 0 spiro atoms. The average Bonchev–Trinajstić information content (AvgIpc) is 2.29. The zero-order chi connectivity index (χ0) is 12.3. The highest BCUT2D eigenvalue weighted by atomic mass is 127. The van der Waals surface area contributed by atoms with Gasteiger partial charge < -0.3 is 0 Å². The van der Waals surface area contributed by atoms with Crippen LogP contribution in [0.5, 0.6) is 0 Å². The molecule has 0 radical (unpaired) electrons. The fourth-order valence-corrected chi connectivity index (χ4v) is 2.91. The van der Waals surface area contributed by atoms with E-state index in [1.54, 1.807) is 0 Å². The SMILES string of the molecule is Clc1cccc(CC(Br)c2ccc(I)cc2)c1. The molecule has 0 bridgehead atoms. The van der Waals surface area contributed by atoms with Crippen molar-refractivity contribution < 1.29 is 0 Å².